The second-order valence-corrected chi connectivity index (χ2v) is 6.14. The SMILES string of the molecule is CN(CCNc1ccccc1Br)Cc1ccc(F)cc1Cl. The number of likely N-dealkylation sites (N-methyl/N-ethyl adjacent to an activating group) is 1. The van der Waals surface area contributed by atoms with Gasteiger partial charge in [-0.2, -0.15) is 0 Å². The summed E-state index contributed by atoms with van der Waals surface area (Å²) < 4.78 is 14.1. The fourth-order valence-electron chi connectivity index (χ4n) is 2.01. The maximum Gasteiger partial charge on any atom is 0.124 e. The molecule has 0 aliphatic carbocycles. The van der Waals surface area contributed by atoms with Crippen molar-refractivity contribution in [2.45, 2.75) is 6.54 Å². The van der Waals surface area contributed by atoms with Gasteiger partial charge in [0.2, 0.25) is 0 Å². The van der Waals surface area contributed by atoms with E-state index < -0.39 is 0 Å². The van der Waals surface area contributed by atoms with Gasteiger partial charge in [-0.1, -0.05) is 29.8 Å². The van der Waals surface area contributed by atoms with Crippen LogP contribution in [0.2, 0.25) is 5.02 Å². The van der Waals surface area contributed by atoms with E-state index in [9.17, 15) is 4.39 Å². The van der Waals surface area contributed by atoms with Crippen molar-refractivity contribution in [2.75, 3.05) is 25.5 Å². The Morgan fingerprint density at radius 1 is 1.24 bits per heavy atom. The van der Waals surface area contributed by atoms with E-state index >= 15 is 0 Å². The summed E-state index contributed by atoms with van der Waals surface area (Å²) in [6, 6.07) is 12.5. The Labute approximate surface area is 138 Å². The average Bonchev–Trinajstić information content (AvgIpc) is 2.44. The van der Waals surface area contributed by atoms with Crippen LogP contribution in [0.4, 0.5) is 10.1 Å². The molecule has 0 aliphatic rings. The van der Waals surface area contributed by atoms with Gasteiger partial charge in [0.25, 0.3) is 0 Å². The van der Waals surface area contributed by atoms with Crippen LogP contribution in [-0.4, -0.2) is 25.0 Å². The van der Waals surface area contributed by atoms with Gasteiger partial charge < -0.3 is 10.2 Å². The summed E-state index contributed by atoms with van der Waals surface area (Å²) in [5.41, 5.74) is 2.01. The van der Waals surface area contributed by atoms with Crippen LogP contribution in [0.3, 0.4) is 0 Å². The summed E-state index contributed by atoms with van der Waals surface area (Å²) in [7, 11) is 2.02. The average molecular weight is 372 g/mol. The quantitative estimate of drug-likeness (QED) is 0.785. The lowest BCUT2D eigenvalue weighted by molar-refractivity contribution is 0.340. The summed E-state index contributed by atoms with van der Waals surface area (Å²) in [4.78, 5) is 2.14. The van der Waals surface area contributed by atoms with E-state index in [4.69, 9.17) is 11.6 Å². The molecule has 0 bridgehead atoms. The monoisotopic (exact) mass is 370 g/mol. The first kappa shape index (κ1) is 16.3. The molecule has 5 heteroatoms. The summed E-state index contributed by atoms with van der Waals surface area (Å²) in [5.74, 6) is -0.304. The standard InChI is InChI=1S/C16H17BrClFN2/c1-21(11-12-6-7-13(19)10-15(12)18)9-8-20-16-5-3-2-4-14(16)17/h2-7,10,20H,8-9,11H2,1H3. The van der Waals surface area contributed by atoms with Gasteiger partial charge in [-0.05, 0) is 52.8 Å². The molecule has 0 aliphatic heterocycles. The minimum atomic E-state index is -0.304. The number of anilines is 1. The van der Waals surface area contributed by atoms with Crippen molar-refractivity contribution in [1.29, 1.82) is 0 Å². The molecule has 0 spiro atoms. The Kier molecular flexibility index (Phi) is 6.03. The Morgan fingerprint density at radius 2 is 2.00 bits per heavy atom. The minimum absolute atomic E-state index is 0.304. The molecule has 21 heavy (non-hydrogen) atoms. The maximum absolute atomic E-state index is 13.0. The van der Waals surface area contributed by atoms with Crippen LogP contribution < -0.4 is 5.32 Å². The molecule has 0 atom stereocenters. The van der Waals surface area contributed by atoms with E-state index in [1.807, 2.05) is 31.3 Å². The molecule has 2 aromatic rings. The molecule has 2 rings (SSSR count). The highest BCUT2D eigenvalue weighted by atomic mass is 79.9. The minimum Gasteiger partial charge on any atom is -0.383 e. The van der Waals surface area contributed by atoms with Crippen LogP contribution in [0.1, 0.15) is 5.56 Å². The van der Waals surface area contributed by atoms with Crippen LogP contribution >= 0.6 is 27.5 Å². The molecule has 0 fully saturated rings. The molecule has 0 radical (unpaired) electrons. The second kappa shape index (κ2) is 7.78. The summed E-state index contributed by atoms with van der Waals surface area (Å²) >= 11 is 9.54. The molecular weight excluding hydrogens is 355 g/mol. The Balaban J connectivity index is 1.82. The Hall–Kier alpha value is -1.10. The molecular formula is C16H17BrClFN2. The molecule has 0 saturated heterocycles. The smallest absolute Gasteiger partial charge is 0.124 e. The lowest BCUT2D eigenvalue weighted by Gasteiger charge is -2.18. The summed E-state index contributed by atoms with van der Waals surface area (Å²) in [5, 5.41) is 3.84. The van der Waals surface area contributed by atoms with Crippen molar-refractivity contribution in [3.05, 3.63) is 63.3 Å². The number of rotatable bonds is 6. The highest BCUT2D eigenvalue weighted by Gasteiger charge is 2.06. The topological polar surface area (TPSA) is 15.3 Å². The molecule has 0 heterocycles. The first-order valence-electron chi connectivity index (χ1n) is 6.67. The normalized spacial score (nSPS) is 10.9. The molecule has 1 N–H and O–H groups in total. The van der Waals surface area contributed by atoms with Gasteiger partial charge in [0.15, 0.2) is 0 Å². The van der Waals surface area contributed by atoms with E-state index in [2.05, 4.69) is 26.1 Å². The second-order valence-electron chi connectivity index (χ2n) is 4.88. The third-order valence-electron chi connectivity index (χ3n) is 3.14. The maximum atomic E-state index is 13.0. The van der Waals surface area contributed by atoms with Gasteiger partial charge in [0, 0.05) is 34.8 Å². The van der Waals surface area contributed by atoms with Crippen molar-refractivity contribution in [2.24, 2.45) is 0 Å². The summed E-state index contributed by atoms with van der Waals surface area (Å²) in [6.45, 7) is 2.36. The first-order chi connectivity index (χ1) is 10.1. The van der Waals surface area contributed by atoms with E-state index in [-0.39, 0.29) is 5.82 Å². The largest absolute Gasteiger partial charge is 0.383 e. The lowest BCUT2D eigenvalue weighted by atomic mass is 10.2. The third kappa shape index (κ3) is 4.99. The lowest BCUT2D eigenvalue weighted by Crippen LogP contribution is -2.25. The number of halogens is 3. The highest BCUT2D eigenvalue weighted by molar-refractivity contribution is 9.10. The van der Waals surface area contributed by atoms with Gasteiger partial charge in [-0.3, -0.25) is 0 Å². The fourth-order valence-corrected chi connectivity index (χ4v) is 2.66. The van der Waals surface area contributed by atoms with Crippen molar-refractivity contribution < 1.29 is 4.39 Å². The van der Waals surface area contributed by atoms with Gasteiger partial charge in [0.05, 0.1) is 0 Å². The molecule has 0 saturated carbocycles. The van der Waals surface area contributed by atoms with E-state index in [1.54, 1.807) is 6.07 Å². The van der Waals surface area contributed by atoms with Crippen molar-refractivity contribution in [1.82, 2.24) is 4.90 Å². The van der Waals surface area contributed by atoms with Crippen LogP contribution in [0.25, 0.3) is 0 Å². The third-order valence-corrected chi connectivity index (χ3v) is 4.18. The predicted octanol–water partition coefficient (Wildman–Crippen LogP) is 4.79. The Bertz CT molecular complexity index is 607. The number of para-hydroxylation sites is 1. The van der Waals surface area contributed by atoms with Crippen LogP contribution in [0.15, 0.2) is 46.9 Å². The summed E-state index contributed by atoms with van der Waals surface area (Å²) in [6.07, 6.45) is 0. The van der Waals surface area contributed by atoms with Crippen molar-refractivity contribution in [3.8, 4) is 0 Å². The van der Waals surface area contributed by atoms with Crippen LogP contribution in [0.5, 0.6) is 0 Å². The number of hydrogen-bond acceptors (Lipinski definition) is 2. The number of nitrogens with one attached hydrogen (secondary N) is 1. The number of hydrogen-bond donors (Lipinski definition) is 1. The van der Waals surface area contributed by atoms with E-state index in [0.29, 0.717) is 11.6 Å². The number of benzene rings is 2. The molecule has 0 unspecified atom stereocenters. The molecule has 2 aromatic carbocycles. The first-order valence-corrected chi connectivity index (χ1v) is 7.84. The molecule has 112 valence electrons. The highest BCUT2D eigenvalue weighted by Crippen LogP contribution is 2.21. The predicted molar refractivity (Wildman–Crippen MR) is 90.4 cm³/mol. The zero-order valence-electron chi connectivity index (χ0n) is 11.7. The Morgan fingerprint density at radius 3 is 2.71 bits per heavy atom. The molecule has 2 nitrogen and oxygen atoms in total. The van der Waals surface area contributed by atoms with Gasteiger partial charge in [0.1, 0.15) is 5.82 Å². The van der Waals surface area contributed by atoms with Crippen LogP contribution in [-0.2, 0) is 6.54 Å². The fraction of sp³-hybridized carbons (Fsp3) is 0.250. The van der Waals surface area contributed by atoms with Crippen molar-refractivity contribution in [3.63, 3.8) is 0 Å². The zero-order chi connectivity index (χ0) is 15.2. The van der Waals surface area contributed by atoms with Crippen molar-refractivity contribution >= 4 is 33.2 Å². The van der Waals surface area contributed by atoms with Gasteiger partial charge in [-0.25, -0.2) is 4.39 Å². The van der Waals surface area contributed by atoms with E-state index in [1.165, 1.54) is 12.1 Å². The zero-order valence-corrected chi connectivity index (χ0v) is 14.1. The van der Waals surface area contributed by atoms with Gasteiger partial charge >= 0.3 is 0 Å². The van der Waals surface area contributed by atoms with Crippen LogP contribution in [0, 0.1) is 5.82 Å². The van der Waals surface area contributed by atoms with Gasteiger partial charge in [-0.15, -0.1) is 0 Å². The van der Waals surface area contributed by atoms with E-state index in [0.717, 1.165) is 28.8 Å². The molecule has 0 amide bonds. The number of nitrogens with zero attached hydrogens (tertiary/aromatic N) is 1. The molecule has 0 aromatic heterocycles.